The smallest absolute Gasteiger partial charge is 0.122 e. The number of ether oxygens (including phenoxy) is 1. The highest BCUT2D eigenvalue weighted by Crippen LogP contribution is 2.19. The topological polar surface area (TPSA) is 32.7 Å². The lowest BCUT2D eigenvalue weighted by molar-refractivity contribution is 0.116. The molecule has 0 amide bonds. The third kappa shape index (κ3) is 4.67. The number of aliphatic hydroxyl groups excluding tert-OH is 1. The van der Waals surface area contributed by atoms with E-state index in [4.69, 9.17) is 4.74 Å². The van der Waals surface area contributed by atoms with Crippen LogP contribution in [0, 0.1) is 5.41 Å². The fourth-order valence-corrected chi connectivity index (χ4v) is 2.08. The summed E-state index contributed by atoms with van der Waals surface area (Å²) in [4.78, 5) is 2.25. The van der Waals surface area contributed by atoms with Crippen molar-refractivity contribution < 1.29 is 9.84 Å². The summed E-state index contributed by atoms with van der Waals surface area (Å²) >= 11 is 0. The Labute approximate surface area is 110 Å². The molecule has 3 nitrogen and oxygen atoms in total. The molecule has 1 N–H and O–H groups in total. The van der Waals surface area contributed by atoms with Crippen molar-refractivity contribution in [3.63, 3.8) is 0 Å². The number of hydrogen-bond acceptors (Lipinski definition) is 3. The summed E-state index contributed by atoms with van der Waals surface area (Å²) in [7, 11) is 3.80. The van der Waals surface area contributed by atoms with Crippen LogP contribution in [0.1, 0.15) is 19.4 Å². The van der Waals surface area contributed by atoms with Gasteiger partial charge >= 0.3 is 0 Å². The number of para-hydroxylation sites is 1. The van der Waals surface area contributed by atoms with Gasteiger partial charge < -0.3 is 14.7 Å². The Morgan fingerprint density at radius 1 is 1.28 bits per heavy atom. The molecule has 0 bridgehead atoms. The highest BCUT2D eigenvalue weighted by molar-refractivity contribution is 5.33. The predicted octanol–water partition coefficient (Wildman–Crippen LogP) is 2.19. The summed E-state index contributed by atoms with van der Waals surface area (Å²) in [6.07, 6.45) is 0.960. The fraction of sp³-hybridized carbons (Fsp3) is 0.600. The van der Waals surface area contributed by atoms with E-state index in [0.29, 0.717) is 0 Å². The standard InChI is InChI=1S/C15H25NO2/c1-15(2,12-17)11-16(3)10-9-13-7-5-6-8-14(13)18-4/h5-8,17H,9-12H2,1-4H3. The number of benzene rings is 1. The number of nitrogens with zero attached hydrogens (tertiary/aromatic N) is 1. The molecule has 0 heterocycles. The van der Waals surface area contributed by atoms with Gasteiger partial charge in [-0.15, -0.1) is 0 Å². The zero-order chi connectivity index (χ0) is 13.6. The third-order valence-electron chi connectivity index (χ3n) is 3.08. The average molecular weight is 251 g/mol. The van der Waals surface area contributed by atoms with Crippen LogP contribution >= 0.6 is 0 Å². The lowest BCUT2D eigenvalue weighted by atomic mass is 9.94. The van der Waals surface area contributed by atoms with Crippen molar-refractivity contribution in [3.05, 3.63) is 29.8 Å². The second kappa shape index (κ2) is 6.76. The van der Waals surface area contributed by atoms with Gasteiger partial charge in [0.25, 0.3) is 0 Å². The molecular formula is C15H25NO2. The van der Waals surface area contributed by atoms with Crippen LogP contribution in [0.25, 0.3) is 0 Å². The SMILES string of the molecule is COc1ccccc1CCN(C)CC(C)(C)CO. The molecule has 0 saturated carbocycles. The van der Waals surface area contributed by atoms with Crippen LogP contribution in [0.5, 0.6) is 5.75 Å². The maximum atomic E-state index is 9.26. The number of rotatable bonds is 7. The number of likely N-dealkylation sites (N-methyl/N-ethyl adjacent to an activating group) is 1. The van der Waals surface area contributed by atoms with Crippen molar-refractivity contribution in [2.45, 2.75) is 20.3 Å². The van der Waals surface area contributed by atoms with Gasteiger partial charge in [0.05, 0.1) is 7.11 Å². The number of hydrogen-bond donors (Lipinski definition) is 1. The van der Waals surface area contributed by atoms with E-state index in [2.05, 4.69) is 31.9 Å². The van der Waals surface area contributed by atoms with Crippen molar-refractivity contribution in [1.29, 1.82) is 0 Å². The van der Waals surface area contributed by atoms with E-state index < -0.39 is 0 Å². The van der Waals surface area contributed by atoms with E-state index in [1.165, 1.54) is 5.56 Å². The Balaban J connectivity index is 2.50. The molecule has 0 saturated heterocycles. The van der Waals surface area contributed by atoms with Crippen LogP contribution in [-0.4, -0.2) is 43.9 Å². The Morgan fingerprint density at radius 2 is 1.94 bits per heavy atom. The maximum absolute atomic E-state index is 9.26. The highest BCUT2D eigenvalue weighted by atomic mass is 16.5. The Morgan fingerprint density at radius 3 is 2.56 bits per heavy atom. The summed E-state index contributed by atoms with van der Waals surface area (Å²) in [6, 6.07) is 8.12. The zero-order valence-electron chi connectivity index (χ0n) is 11.9. The van der Waals surface area contributed by atoms with Crippen molar-refractivity contribution in [1.82, 2.24) is 4.90 Å². The quantitative estimate of drug-likeness (QED) is 0.806. The van der Waals surface area contributed by atoms with E-state index in [-0.39, 0.29) is 12.0 Å². The van der Waals surface area contributed by atoms with Gasteiger partial charge in [-0.3, -0.25) is 0 Å². The van der Waals surface area contributed by atoms with E-state index in [1.54, 1.807) is 7.11 Å². The van der Waals surface area contributed by atoms with E-state index in [0.717, 1.165) is 25.3 Å². The molecule has 0 aromatic heterocycles. The molecule has 18 heavy (non-hydrogen) atoms. The Hall–Kier alpha value is -1.06. The van der Waals surface area contributed by atoms with Crippen LogP contribution in [0.3, 0.4) is 0 Å². The van der Waals surface area contributed by atoms with Gasteiger partial charge in [-0.05, 0) is 25.1 Å². The minimum Gasteiger partial charge on any atom is -0.496 e. The van der Waals surface area contributed by atoms with Crippen LogP contribution in [0.15, 0.2) is 24.3 Å². The zero-order valence-corrected chi connectivity index (χ0v) is 11.9. The summed E-state index contributed by atoms with van der Waals surface area (Å²) in [5.74, 6) is 0.951. The third-order valence-corrected chi connectivity index (χ3v) is 3.08. The summed E-state index contributed by atoms with van der Waals surface area (Å²) < 4.78 is 5.34. The molecule has 102 valence electrons. The molecular weight excluding hydrogens is 226 g/mol. The monoisotopic (exact) mass is 251 g/mol. The first-order valence-electron chi connectivity index (χ1n) is 6.40. The molecule has 0 spiro atoms. The van der Waals surface area contributed by atoms with Crippen LogP contribution in [0.2, 0.25) is 0 Å². The van der Waals surface area contributed by atoms with Crippen molar-refractivity contribution in [2.75, 3.05) is 33.9 Å². The first-order valence-corrected chi connectivity index (χ1v) is 6.40. The van der Waals surface area contributed by atoms with Crippen molar-refractivity contribution >= 4 is 0 Å². The molecule has 0 atom stereocenters. The van der Waals surface area contributed by atoms with Crippen molar-refractivity contribution in [3.8, 4) is 5.75 Å². The molecule has 0 unspecified atom stereocenters. The van der Waals surface area contributed by atoms with Gasteiger partial charge in [-0.25, -0.2) is 0 Å². The van der Waals surface area contributed by atoms with Crippen molar-refractivity contribution in [2.24, 2.45) is 5.41 Å². The fourth-order valence-electron chi connectivity index (χ4n) is 2.08. The summed E-state index contributed by atoms with van der Waals surface area (Å²) in [6.45, 7) is 6.22. The molecule has 1 aromatic rings. The first-order chi connectivity index (χ1) is 8.48. The Kier molecular flexibility index (Phi) is 5.63. The van der Waals surface area contributed by atoms with Crippen LogP contribution in [0.4, 0.5) is 0 Å². The summed E-state index contributed by atoms with van der Waals surface area (Å²) in [5.41, 5.74) is 1.18. The minimum atomic E-state index is -0.0461. The van der Waals surface area contributed by atoms with Gasteiger partial charge in [0.1, 0.15) is 5.75 Å². The minimum absolute atomic E-state index is 0.0461. The molecule has 0 fully saturated rings. The Bertz CT molecular complexity index is 363. The summed E-state index contributed by atoms with van der Waals surface area (Å²) in [5, 5.41) is 9.26. The van der Waals surface area contributed by atoms with Gasteiger partial charge in [0, 0.05) is 25.1 Å². The molecule has 0 aliphatic heterocycles. The molecule has 0 aliphatic carbocycles. The van der Waals surface area contributed by atoms with Gasteiger partial charge in [-0.2, -0.15) is 0 Å². The first kappa shape index (κ1) is 15.0. The van der Waals surface area contributed by atoms with E-state index in [9.17, 15) is 5.11 Å². The average Bonchev–Trinajstić information content (AvgIpc) is 2.36. The molecule has 0 aliphatic rings. The maximum Gasteiger partial charge on any atom is 0.122 e. The lowest BCUT2D eigenvalue weighted by Crippen LogP contribution is -2.35. The van der Waals surface area contributed by atoms with Crippen LogP contribution in [-0.2, 0) is 6.42 Å². The molecule has 1 aromatic carbocycles. The lowest BCUT2D eigenvalue weighted by Gasteiger charge is -2.28. The highest BCUT2D eigenvalue weighted by Gasteiger charge is 2.18. The van der Waals surface area contributed by atoms with Gasteiger partial charge in [0.15, 0.2) is 0 Å². The van der Waals surface area contributed by atoms with E-state index >= 15 is 0 Å². The van der Waals surface area contributed by atoms with Gasteiger partial charge in [-0.1, -0.05) is 32.0 Å². The second-order valence-corrected chi connectivity index (χ2v) is 5.62. The number of aliphatic hydroxyl groups is 1. The normalized spacial score (nSPS) is 11.9. The molecule has 0 radical (unpaired) electrons. The van der Waals surface area contributed by atoms with Gasteiger partial charge in [0.2, 0.25) is 0 Å². The predicted molar refractivity (Wildman–Crippen MR) is 75.1 cm³/mol. The second-order valence-electron chi connectivity index (χ2n) is 5.62. The number of methoxy groups -OCH3 is 1. The van der Waals surface area contributed by atoms with E-state index in [1.807, 2.05) is 18.2 Å². The molecule has 1 rings (SSSR count). The molecule has 3 heteroatoms. The van der Waals surface area contributed by atoms with Crippen LogP contribution < -0.4 is 4.74 Å². The largest absolute Gasteiger partial charge is 0.496 e.